The average molecular weight is 617 g/mol. The zero-order chi connectivity index (χ0) is 31.8. The topological polar surface area (TPSA) is 87.5 Å². The molecule has 228 valence electrons. The number of carbonyl (C=O) groups is 1. The van der Waals surface area contributed by atoms with Crippen LogP contribution in [0.1, 0.15) is 16.8 Å². The maximum atomic E-state index is 15.2. The van der Waals surface area contributed by atoms with Crippen LogP contribution in [0.3, 0.4) is 0 Å². The second-order valence-electron chi connectivity index (χ2n) is 9.49. The van der Waals surface area contributed by atoms with Crippen molar-refractivity contribution in [3.63, 3.8) is 0 Å². The molecule has 0 radical (unpaired) electrons. The number of amides is 1. The lowest BCUT2D eigenvalue weighted by Crippen LogP contribution is -2.33. The standard InChI is InChI=1S/C30H22F6N4O4/c1-16-14-40(15-38-16)19-9-17(30(34,35)36)8-18(10-19)39-28(41)29(32,33)22-5-4-20(11-23(22)31)44-25-6-7-37-24-13-27(43-3)26(42-2)12-21(24)25/h4-15H,1-3H3,(H,39,41). The van der Waals surface area contributed by atoms with Crippen LogP contribution >= 0.6 is 0 Å². The molecule has 3 aromatic carbocycles. The van der Waals surface area contributed by atoms with Gasteiger partial charge in [-0.2, -0.15) is 22.0 Å². The van der Waals surface area contributed by atoms with E-state index in [2.05, 4.69) is 9.97 Å². The van der Waals surface area contributed by atoms with Crippen LogP contribution < -0.4 is 19.5 Å². The molecular formula is C30H22F6N4O4. The highest BCUT2D eigenvalue weighted by atomic mass is 19.4. The van der Waals surface area contributed by atoms with Crippen LogP contribution in [0, 0.1) is 12.7 Å². The van der Waals surface area contributed by atoms with Gasteiger partial charge < -0.3 is 24.1 Å². The number of pyridine rings is 1. The Bertz CT molecular complexity index is 1870. The zero-order valence-electron chi connectivity index (χ0n) is 23.2. The van der Waals surface area contributed by atoms with Crippen molar-refractivity contribution in [2.45, 2.75) is 19.0 Å². The van der Waals surface area contributed by atoms with Gasteiger partial charge in [-0.25, -0.2) is 9.37 Å². The summed E-state index contributed by atoms with van der Waals surface area (Å²) in [4.78, 5) is 20.8. The lowest BCUT2D eigenvalue weighted by atomic mass is 10.1. The summed E-state index contributed by atoms with van der Waals surface area (Å²) in [5.74, 6) is -7.23. The zero-order valence-corrected chi connectivity index (χ0v) is 23.2. The highest BCUT2D eigenvalue weighted by Gasteiger charge is 2.44. The van der Waals surface area contributed by atoms with Crippen molar-refractivity contribution in [2.75, 3.05) is 19.5 Å². The molecule has 0 spiro atoms. The predicted molar refractivity (Wildman–Crippen MR) is 147 cm³/mol. The normalized spacial score (nSPS) is 11.8. The molecule has 0 aliphatic carbocycles. The number of anilines is 1. The monoisotopic (exact) mass is 616 g/mol. The third-order valence-electron chi connectivity index (χ3n) is 6.51. The van der Waals surface area contributed by atoms with E-state index in [1.54, 1.807) is 24.4 Å². The molecule has 5 rings (SSSR count). The van der Waals surface area contributed by atoms with E-state index < -0.39 is 40.6 Å². The number of benzene rings is 3. The Morgan fingerprint density at radius 3 is 2.25 bits per heavy atom. The number of rotatable bonds is 8. The second-order valence-corrected chi connectivity index (χ2v) is 9.49. The van der Waals surface area contributed by atoms with Gasteiger partial charge in [0.05, 0.1) is 42.9 Å². The minimum absolute atomic E-state index is 0.0913. The second kappa shape index (κ2) is 11.4. The number of alkyl halides is 5. The summed E-state index contributed by atoms with van der Waals surface area (Å²) in [6, 6.07) is 9.30. The summed E-state index contributed by atoms with van der Waals surface area (Å²) in [6.45, 7) is 1.60. The maximum absolute atomic E-state index is 15.2. The van der Waals surface area contributed by atoms with Crippen LogP contribution in [-0.2, 0) is 16.9 Å². The summed E-state index contributed by atoms with van der Waals surface area (Å²) >= 11 is 0. The van der Waals surface area contributed by atoms with Gasteiger partial charge in [-0.15, -0.1) is 0 Å². The van der Waals surface area contributed by atoms with Crippen molar-refractivity contribution in [1.29, 1.82) is 0 Å². The van der Waals surface area contributed by atoms with Gasteiger partial charge in [-0.3, -0.25) is 9.78 Å². The first-order chi connectivity index (χ1) is 20.8. The number of fused-ring (bicyclic) bond motifs is 1. The fraction of sp³-hybridized carbons (Fsp3) is 0.167. The van der Waals surface area contributed by atoms with E-state index in [4.69, 9.17) is 14.2 Å². The Balaban J connectivity index is 1.41. The van der Waals surface area contributed by atoms with Crippen LogP contribution in [0.5, 0.6) is 23.0 Å². The lowest BCUT2D eigenvalue weighted by Gasteiger charge is -2.19. The van der Waals surface area contributed by atoms with Crippen LogP contribution in [0.4, 0.5) is 32.0 Å². The number of nitrogens with zero attached hydrogens (tertiary/aromatic N) is 3. The van der Waals surface area contributed by atoms with E-state index in [-0.39, 0.29) is 17.2 Å². The molecule has 0 saturated carbocycles. The first kappa shape index (κ1) is 30.2. The van der Waals surface area contributed by atoms with Crippen molar-refractivity contribution in [1.82, 2.24) is 14.5 Å². The number of hydrogen-bond acceptors (Lipinski definition) is 6. The number of carbonyl (C=O) groups excluding carboxylic acids is 1. The molecule has 14 heteroatoms. The molecule has 44 heavy (non-hydrogen) atoms. The molecule has 1 amide bonds. The van der Waals surface area contributed by atoms with Crippen LogP contribution in [0.15, 0.2) is 73.3 Å². The van der Waals surface area contributed by atoms with Crippen LogP contribution in [0.25, 0.3) is 16.6 Å². The Hall–Kier alpha value is -5.27. The van der Waals surface area contributed by atoms with Gasteiger partial charge in [0.2, 0.25) is 0 Å². The molecule has 0 fully saturated rings. The minimum atomic E-state index is -4.85. The fourth-order valence-electron chi connectivity index (χ4n) is 4.37. The molecule has 0 aliphatic rings. The first-order valence-electron chi connectivity index (χ1n) is 12.7. The number of imidazole rings is 1. The first-order valence-corrected chi connectivity index (χ1v) is 12.7. The highest BCUT2D eigenvalue weighted by Crippen LogP contribution is 2.39. The molecule has 2 aromatic heterocycles. The summed E-state index contributed by atoms with van der Waals surface area (Å²) in [5.41, 5.74) is -2.26. The Morgan fingerprint density at radius 1 is 0.886 bits per heavy atom. The van der Waals surface area contributed by atoms with E-state index in [9.17, 15) is 18.0 Å². The summed E-state index contributed by atoms with van der Waals surface area (Å²) < 4.78 is 104. The highest BCUT2D eigenvalue weighted by molar-refractivity contribution is 5.97. The third-order valence-corrected chi connectivity index (χ3v) is 6.51. The van der Waals surface area contributed by atoms with Gasteiger partial charge in [0.25, 0.3) is 5.91 Å². The quantitative estimate of drug-likeness (QED) is 0.183. The summed E-state index contributed by atoms with van der Waals surface area (Å²) in [7, 11) is 2.88. The Kier molecular flexibility index (Phi) is 7.84. The van der Waals surface area contributed by atoms with Crippen molar-refractivity contribution >= 4 is 22.5 Å². The molecule has 0 aliphatic heterocycles. The summed E-state index contributed by atoms with van der Waals surface area (Å²) in [5, 5.41) is 2.23. The average Bonchev–Trinajstić information content (AvgIpc) is 3.42. The van der Waals surface area contributed by atoms with E-state index >= 15 is 13.2 Å². The molecule has 2 heterocycles. The van der Waals surface area contributed by atoms with Gasteiger partial charge in [0.1, 0.15) is 17.3 Å². The van der Waals surface area contributed by atoms with Crippen LogP contribution in [-0.4, -0.2) is 34.7 Å². The van der Waals surface area contributed by atoms with Crippen molar-refractivity contribution in [2.24, 2.45) is 0 Å². The number of nitrogens with one attached hydrogen (secondary N) is 1. The van der Waals surface area contributed by atoms with Gasteiger partial charge in [-0.05, 0) is 49.4 Å². The molecule has 0 unspecified atom stereocenters. The smallest absolute Gasteiger partial charge is 0.416 e. The number of ether oxygens (including phenoxy) is 3. The van der Waals surface area contributed by atoms with E-state index in [0.717, 1.165) is 18.2 Å². The predicted octanol–water partition coefficient (Wildman–Crippen LogP) is 7.43. The van der Waals surface area contributed by atoms with E-state index in [1.165, 1.54) is 43.6 Å². The molecular weight excluding hydrogens is 594 g/mol. The Morgan fingerprint density at radius 2 is 1.61 bits per heavy atom. The van der Waals surface area contributed by atoms with Gasteiger partial charge in [-0.1, -0.05) is 0 Å². The molecule has 0 atom stereocenters. The largest absolute Gasteiger partial charge is 0.493 e. The number of aryl methyl sites for hydroxylation is 1. The van der Waals surface area contributed by atoms with Crippen molar-refractivity contribution in [3.05, 3.63) is 96.0 Å². The van der Waals surface area contributed by atoms with Crippen molar-refractivity contribution in [3.8, 4) is 28.7 Å². The van der Waals surface area contributed by atoms with E-state index in [0.29, 0.717) is 46.3 Å². The maximum Gasteiger partial charge on any atom is 0.416 e. The minimum Gasteiger partial charge on any atom is -0.493 e. The van der Waals surface area contributed by atoms with Crippen LogP contribution in [0.2, 0.25) is 0 Å². The molecule has 0 saturated heterocycles. The van der Waals surface area contributed by atoms with Crippen molar-refractivity contribution < 1.29 is 45.3 Å². The fourth-order valence-corrected chi connectivity index (χ4v) is 4.37. The number of halogens is 6. The SMILES string of the molecule is COc1cc2nccc(Oc3ccc(C(F)(F)C(=O)Nc4cc(-n5cnc(C)c5)cc(C(F)(F)F)c4)c(F)c3)c2cc1OC. The lowest BCUT2D eigenvalue weighted by molar-refractivity contribution is -0.141. The number of methoxy groups -OCH3 is 2. The Labute approximate surface area is 245 Å². The third kappa shape index (κ3) is 5.96. The molecule has 8 nitrogen and oxygen atoms in total. The number of hydrogen-bond donors (Lipinski definition) is 1. The van der Waals surface area contributed by atoms with E-state index in [1.807, 2.05) is 0 Å². The van der Waals surface area contributed by atoms with Gasteiger partial charge in [0.15, 0.2) is 11.5 Å². The molecule has 0 bridgehead atoms. The molecule has 5 aromatic rings. The van der Waals surface area contributed by atoms with Gasteiger partial charge in [0, 0.05) is 41.3 Å². The molecule has 1 N–H and O–H groups in total. The number of aromatic nitrogens is 3. The van der Waals surface area contributed by atoms with Gasteiger partial charge >= 0.3 is 12.1 Å². The summed E-state index contributed by atoms with van der Waals surface area (Å²) in [6.07, 6.45) is -0.796.